The first-order valence-electron chi connectivity index (χ1n) is 11.0. The zero-order valence-corrected chi connectivity index (χ0v) is 18.3. The van der Waals surface area contributed by atoms with E-state index in [0.29, 0.717) is 12.6 Å². The highest BCUT2D eigenvalue weighted by molar-refractivity contribution is 5.78. The highest BCUT2D eigenvalue weighted by Crippen LogP contribution is 2.24. The number of aromatic nitrogens is 2. The number of carbonyl (C=O) groups is 1. The largest absolute Gasteiger partial charge is 0.352 e. The van der Waals surface area contributed by atoms with Crippen molar-refractivity contribution in [3.05, 3.63) is 65.5 Å². The van der Waals surface area contributed by atoms with Gasteiger partial charge in [0, 0.05) is 18.5 Å². The van der Waals surface area contributed by atoms with Gasteiger partial charge in [-0.2, -0.15) is 0 Å². The molecule has 1 amide bonds. The summed E-state index contributed by atoms with van der Waals surface area (Å²) in [5, 5.41) is 3.14. The van der Waals surface area contributed by atoms with Crippen molar-refractivity contribution in [1.82, 2.24) is 19.8 Å². The Labute approximate surface area is 179 Å². The summed E-state index contributed by atoms with van der Waals surface area (Å²) >= 11 is 0. The topological polar surface area (TPSA) is 50.2 Å². The van der Waals surface area contributed by atoms with Gasteiger partial charge in [0.1, 0.15) is 5.82 Å². The van der Waals surface area contributed by atoms with Crippen LogP contribution in [0.5, 0.6) is 0 Å². The fourth-order valence-corrected chi connectivity index (χ4v) is 4.47. The predicted molar refractivity (Wildman–Crippen MR) is 121 cm³/mol. The van der Waals surface area contributed by atoms with Gasteiger partial charge in [-0.25, -0.2) is 4.98 Å². The average molecular weight is 405 g/mol. The second kappa shape index (κ2) is 9.00. The lowest BCUT2D eigenvalue weighted by Crippen LogP contribution is -2.40. The minimum absolute atomic E-state index is 0.106. The molecule has 0 radical (unpaired) electrons. The molecule has 1 N–H and O–H groups in total. The zero-order chi connectivity index (χ0) is 21.1. The molecular formula is C25H32N4O. The van der Waals surface area contributed by atoms with Crippen molar-refractivity contribution in [2.45, 2.75) is 52.7 Å². The second-order valence-electron chi connectivity index (χ2n) is 8.68. The van der Waals surface area contributed by atoms with E-state index in [-0.39, 0.29) is 11.8 Å². The summed E-state index contributed by atoms with van der Waals surface area (Å²) in [4.78, 5) is 20.0. The van der Waals surface area contributed by atoms with Gasteiger partial charge in [-0.05, 0) is 70.0 Å². The molecule has 0 spiro atoms. The number of rotatable bonds is 6. The maximum absolute atomic E-state index is 12.7. The van der Waals surface area contributed by atoms with Crippen LogP contribution in [-0.4, -0.2) is 33.4 Å². The van der Waals surface area contributed by atoms with Crippen molar-refractivity contribution in [2.75, 3.05) is 13.1 Å². The molecule has 1 fully saturated rings. The van der Waals surface area contributed by atoms with Crippen molar-refractivity contribution in [3.8, 4) is 0 Å². The minimum Gasteiger partial charge on any atom is -0.352 e. The van der Waals surface area contributed by atoms with Crippen molar-refractivity contribution >= 4 is 16.9 Å². The smallest absolute Gasteiger partial charge is 0.223 e. The highest BCUT2D eigenvalue weighted by Gasteiger charge is 2.26. The summed E-state index contributed by atoms with van der Waals surface area (Å²) in [5.41, 5.74) is 4.68. The van der Waals surface area contributed by atoms with Crippen LogP contribution in [-0.2, 0) is 17.9 Å². The molecule has 1 aliphatic heterocycles. The van der Waals surface area contributed by atoms with E-state index in [9.17, 15) is 4.79 Å². The number of imidazole rings is 1. The van der Waals surface area contributed by atoms with Crippen molar-refractivity contribution < 1.29 is 4.79 Å². The quantitative estimate of drug-likeness (QED) is 0.660. The lowest BCUT2D eigenvalue weighted by molar-refractivity contribution is -0.126. The SMILES string of the molecule is Cc1ccccc1CNC(=O)C1CCN(Cc2nc3ccccc3n2C(C)C)CC1. The van der Waals surface area contributed by atoms with E-state index in [1.165, 1.54) is 16.6 Å². The van der Waals surface area contributed by atoms with Gasteiger partial charge in [0.2, 0.25) is 5.91 Å². The Morgan fingerprint density at radius 3 is 2.53 bits per heavy atom. The third kappa shape index (κ3) is 4.41. The van der Waals surface area contributed by atoms with E-state index in [0.717, 1.165) is 43.8 Å². The van der Waals surface area contributed by atoms with Gasteiger partial charge in [0.05, 0.1) is 17.6 Å². The number of fused-ring (bicyclic) bond motifs is 1. The van der Waals surface area contributed by atoms with Crippen LogP contribution in [0.2, 0.25) is 0 Å². The number of piperidine rings is 1. The van der Waals surface area contributed by atoms with Crippen LogP contribution in [0.15, 0.2) is 48.5 Å². The van der Waals surface area contributed by atoms with Gasteiger partial charge < -0.3 is 9.88 Å². The molecule has 30 heavy (non-hydrogen) atoms. The molecule has 3 aromatic rings. The second-order valence-corrected chi connectivity index (χ2v) is 8.68. The Bertz CT molecular complexity index is 1010. The van der Waals surface area contributed by atoms with E-state index in [1.807, 2.05) is 18.2 Å². The Kier molecular flexibility index (Phi) is 6.18. The molecule has 0 saturated carbocycles. The number of nitrogens with zero attached hydrogens (tertiary/aromatic N) is 3. The van der Waals surface area contributed by atoms with Crippen LogP contribution in [0, 0.1) is 12.8 Å². The summed E-state index contributed by atoms with van der Waals surface area (Å²) in [6, 6.07) is 17.0. The number of hydrogen-bond acceptors (Lipinski definition) is 3. The summed E-state index contributed by atoms with van der Waals surface area (Å²) in [7, 11) is 0. The Hall–Kier alpha value is -2.66. The molecule has 2 aromatic carbocycles. The molecule has 2 heterocycles. The van der Waals surface area contributed by atoms with Gasteiger partial charge in [-0.15, -0.1) is 0 Å². The van der Waals surface area contributed by atoms with Crippen LogP contribution < -0.4 is 5.32 Å². The monoisotopic (exact) mass is 404 g/mol. The van der Waals surface area contributed by atoms with Crippen LogP contribution in [0.1, 0.15) is 49.7 Å². The minimum atomic E-state index is 0.106. The van der Waals surface area contributed by atoms with Gasteiger partial charge >= 0.3 is 0 Å². The molecule has 0 atom stereocenters. The molecule has 0 bridgehead atoms. The van der Waals surface area contributed by atoms with Crippen molar-refractivity contribution in [1.29, 1.82) is 0 Å². The molecular weight excluding hydrogens is 372 g/mol. The first kappa shape index (κ1) is 20.6. The number of hydrogen-bond donors (Lipinski definition) is 1. The summed E-state index contributed by atoms with van der Waals surface area (Å²) < 4.78 is 2.34. The van der Waals surface area contributed by atoms with Crippen LogP contribution in [0.3, 0.4) is 0 Å². The molecule has 1 aromatic heterocycles. The molecule has 4 rings (SSSR count). The number of carbonyl (C=O) groups excluding carboxylic acids is 1. The normalized spacial score (nSPS) is 15.7. The van der Waals surface area contributed by atoms with Crippen molar-refractivity contribution in [3.63, 3.8) is 0 Å². The first-order valence-corrected chi connectivity index (χ1v) is 11.0. The third-order valence-electron chi connectivity index (χ3n) is 6.22. The number of benzene rings is 2. The molecule has 1 aliphatic rings. The lowest BCUT2D eigenvalue weighted by atomic mass is 9.95. The predicted octanol–water partition coefficient (Wildman–Crippen LogP) is 4.45. The number of amides is 1. The third-order valence-corrected chi connectivity index (χ3v) is 6.22. The molecule has 0 aliphatic carbocycles. The first-order chi connectivity index (χ1) is 14.5. The van der Waals surface area contributed by atoms with Gasteiger partial charge in [0.25, 0.3) is 0 Å². The highest BCUT2D eigenvalue weighted by atomic mass is 16.1. The number of likely N-dealkylation sites (tertiary alicyclic amines) is 1. The van der Waals surface area contributed by atoms with Gasteiger partial charge in [-0.3, -0.25) is 9.69 Å². The van der Waals surface area contributed by atoms with E-state index in [4.69, 9.17) is 4.98 Å². The zero-order valence-electron chi connectivity index (χ0n) is 18.3. The molecule has 158 valence electrons. The summed E-state index contributed by atoms with van der Waals surface area (Å²) in [5.74, 6) is 1.41. The summed E-state index contributed by atoms with van der Waals surface area (Å²) in [6.07, 6.45) is 1.81. The number of aryl methyl sites for hydroxylation is 1. The molecule has 1 saturated heterocycles. The van der Waals surface area contributed by atoms with Crippen LogP contribution in [0.4, 0.5) is 0 Å². The Morgan fingerprint density at radius 1 is 1.10 bits per heavy atom. The average Bonchev–Trinajstić information content (AvgIpc) is 3.11. The van der Waals surface area contributed by atoms with E-state index >= 15 is 0 Å². The summed E-state index contributed by atoms with van der Waals surface area (Å²) in [6.45, 7) is 9.83. The Balaban J connectivity index is 1.34. The Morgan fingerprint density at radius 2 is 1.80 bits per heavy atom. The van der Waals surface area contributed by atoms with E-state index < -0.39 is 0 Å². The van der Waals surface area contributed by atoms with Crippen LogP contribution >= 0.6 is 0 Å². The van der Waals surface area contributed by atoms with Gasteiger partial charge in [0.15, 0.2) is 0 Å². The number of nitrogens with one attached hydrogen (secondary N) is 1. The fourth-order valence-electron chi connectivity index (χ4n) is 4.47. The van der Waals surface area contributed by atoms with Crippen LogP contribution in [0.25, 0.3) is 11.0 Å². The van der Waals surface area contributed by atoms with E-state index in [1.54, 1.807) is 0 Å². The van der Waals surface area contributed by atoms with Gasteiger partial charge in [-0.1, -0.05) is 36.4 Å². The molecule has 5 heteroatoms. The number of para-hydroxylation sites is 2. The maximum atomic E-state index is 12.7. The van der Waals surface area contributed by atoms with E-state index in [2.05, 4.69) is 65.9 Å². The van der Waals surface area contributed by atoms with Crippen molar-refractivity contribution in [2.24, 2.45) is 5.92 Å². The molecule has 0 unspecified atom stereocenters. The maximum Gasteiger partial charge on any atom is 0.223 e. The molecule has 5 nitrogen and oxygen atoms in total. The standard InChI is InChI=1S/C25H32N4O/c1-18(2)29-23-11-7-6-10-22(23)27-24(29)17-28-14-12-20(13-15-28)25(30)26-16-21-9-5-4-8-19(21)3/h4-11,18,20H,12-17H2,1-3H3,(H,26,30). The lowest BCUT2D eigenvalue weighted by Gasteiger charge is -2.31. The fraction of sp³-hybridized carbons (Fsp3) is 0.440.